The Bertz CT molecular complexity index is 1120. The zero-order valence-electron chi connectivity index (χ0n) is 23.9. The number of rotatable bonds is 4. The Labute approximate surface area is 317 Å². The first-order chi connectivity index (χ1) is 20.1. The van der Waals surface area contributed by atoms with Gasteiger partial charge in [0.05, 0.1) is 6.10 Å². The van der Waals surface area contributed by atoms with Gasteiger partial charge in [-0.2, -0.15) is 0 Å². The van der Waals surface area contributed by atoms with Gasteiger partial charge in [-0.3, -0.25) is 0 Å². The third-order valence-corrected chi connectivity index (χ3v) is 25.1. The molecule has 248 valence electrons. The predicted molar refractivity (Wildman–Crippen MR) is 188 cm³/mol. The first-order valence-corrected chi connectivity index (χ1v) is 22.4. The van der Waals surface area contributed by atoms with Gasteiger partial charge in [0.25, 0.3) is 0 Å². The van der Waals surface area contributed by atoms with Crippen molar-refractivity contribution < 1.29 is 66.4 Å². The molecule has 2 heterocycles. The van der Waals surface area contributed by atoms with Gasteiger partial charge in [0.15, 0.2) is 6.29 Å². The quantitative estimate of drug-likeness (QED) is 0.0818. The number of hydrogen-bond donors (Lipinski definition) is 7. The van der Waals surface area contributed by atoms with E-state index in [1.54, 1.807) is 6.92 Å². The smallest absolute Gasteiger partial charge is 0.133 e. The van der Waals surface area contributed by atoms with Crippen molar-refractivity contribution in [1.82, 2.24) is 0 Å². The second kappa shape index (κ2) is 12.7. The Morgan fingerprint density at radius 3 is 2.30 bits per heavy atom. The monoisotopic (exact) mass is 1170 g/mol. The van der Waals surface area contributed by atoms with Crippen LogP contribution >= 0.6 is 90.4 Å². The molecule has 43 heavy (non-hydrogen) atoms. The normalized spacial score (nSPS) is 60.3. The molecule has 9 unspecified atom stereocenters. The minimum Gasteiger partial charge on any atom is -0.388 e. The van der Waals surface area contributed by atoms with Crippen LogP contribution in [0.5, 0.6) is 0 Å². The van der Waals surface area contributed by atoms with Gasteiger partial charge in [-0.25, -0.2) is 0 Å². The van der Waals surface area contributed by atoms with Crippen LogP contribution in [0.3, 0.4) is 0 Å². The number of alkyl halides is 6. The molecule has 2 aliphatic heterocycles. The van der Waals surface area contributed by atoms with Crippen molar-refractivity contribution in [2.75, 3.05) is 11.0 Å². The van der Waals surface area contributed by atoms with Crippen molar-refractivity contribution >= 4 is 90.4 Å². The Balaban J connectivity index is 1.33. The van der Waals surface area contributed by atoms with E-state index in [0.29, 0.717) is 22.7 Å². The van der Waals surface area contributed by atoms with Crippen LogP contribution in [-0.4, -0.2) is 115 Å². The summed E-state index contributed by atoms with van der Waals surface area (Å²) in [5.74, 6) is 0.0527. The van der Waals surface area contributed by atoms with Gasteiger partial charge in [-0.15, -0.1) is 0 Å². The van der Waals surface area contributed by atoms with Crippen LogP contribution in [0.25, 0.3) is 0 Å². The van der Waals surface area contributed by atoms with E-state index < -0.39 is 57.9 Å². The van der Waals surface area contributed by atoms with Crippen LogP contribution in [0.1, 0.15) is 46.0 Å². The summed E-state index contributed by atoms with van der Waals surface area (Å²) in [6, 6.07) is 0. The SMILES string of the molecule is CC1OC(OC2C[C@@H](O)[C@]3(CO)C4C(C[C@@H](I)[C@]3(I)C2)[C@@]2(I)[C@H](I)CC(C3=CC(O)[I-]C3)[C@@]2(C)C[C@H]4O)C(O)C(O)[C@H]1O. The van der Waals surface area contributed by atoms with Crippen molar-refractivity contribution in [3.63, 3.8) is 0 Å². The number of aliphatic hydroxyl groups excluding tert-OH is 7. The van der Waals surface area contributed by atoms with Gasteiger partial charge >= 0.3 is 264 Å². The van der Waals surface area contributed by atoms with Crippen molar-refractivity contribution in [2.24, 2.45) is 28.6 Å². The van der Waals surface area contributed by atoms with Crippen LogP contribution in [0.15, 0.2) is 11.6 Å². The van der Waals surface area contributed by atoms with Gasteiger partial charge in [-0.1, -0.05) is 0 Å². The summed E-state index contributed by atoms with van der Waals surface area (Å²) < 4.78 is 12.3. The number of allylic oxidation sites excluding steroid dienone is 1. The average molecular weight is 1170 g/mol. The number of halogens is 5. The Morgan fingerprint density at radius 2 is 1.67 bits per heavy atom. The molecule has 6 aliphatic rings. The molecule has 4 saturated carbocycles. The molecule has 5 fully saturated rings. The first-order valence-electron chi connectivity index (χ1n) is 15.0. The molecule has 0 aromatic rings. The molecule has 14 heteroatoms. The molecule has 0 spiro atoms. The molecule has 0 aromatic heterocycles. The summed E-state index contributed by atoms with van der Waals surface area (Å²) in [7, 11) is 0. The van der Waals surface area contributed by atoms with Gasteiger partial charge in [0.1, 0.15) is 18.3 Å². The second-order valence-corrected chi connectivity index (χ2v) is 23.5. The Morgan fingerprint density at radius 1 is 0.977 bits per heavy atom. The summed E-state index contributed by atoms with van der Waals surface area (Å²) in [5.41, 5.74) is 0.214. The summed E-state index contributed by atoms with van der Waals surface area (Å²) >= 11 is 9.97. The molecular formula is C29H42I5O9-. The third kappa shape index (κ3) is 5.17. The fraction of sp³-hybridized carbons (Fsp3) is 0.931. The topological polar surface area (TPSA) is 160 Å². The second-order valence-electron chi connectivity index (χ2n) is 13.9. The minimum absolute atomic E-state index is 0.0471. The molecular weight excluding hydrogens is 1130 g/mol. The summed E-state index contributed by atoms with van der Waals surface area (Å²) in [6.07, 6.45) is -2.98. The van der Waals surface area contributed by atoms with Gasteiger partial charge in [0, 0.05) is 0 Å². The van der Waals surface area contributed by atoms with Crippen molar-refractivity contribution in [1.29, 1.82) is 0 Å². The molecule has 0 amide bonds. The standard InChI is InChI=1S/C29H42I5O9/c1-11-22(39)23(40)24(41)25(42-11)43-13-4-19(37)27(10-35)21-15(6-17(30)28(27,32)7-13)29(33)18(31)5-14(12-3-20(38)34-9-12)26(29,2)8-16(21)36/h3,11,13-25,35-41H,4-10H2,1-2H3/q-1/t11?,13?,14?,15?,16-,17-,18-,19-,20?,21?,22+,23?,24?,25?,26-,27-,28-,29-/m1/s1. The number of ether oxygens (including phenoxy) is 2. The van der Waals surface area contributed by atoms with E-state index in [1.807, 2.05) is 0 Å². The van der Waals surface area contributed by atoms with E-state index in [4.69, 9.17) is 9.47 Å². The van der Waals surface area contributed by atoms with Crippen LogP contribution in [0.4, 0.5) is 0 Å². The van der Waals surface area contributed by atoms with Crippen molar-refractivity contribution in [3.05, 3.63) is 11.6 Å². The van der Waals surface area contributed by atoms with E-state index in [9.17, 15) is 35.7 Å². The molecule has 7 N–H and O–H groups in total. The molecule has 18 atom stereocenters. The maximum Gasteiger partial charge on any atom is 0.133 e. The number of hydrogen-bond acceptors (Lipinski definition) is 9. The minimum atomic E-state index is -1.44. The zero-order chi connectivity index (χ0) is 31.4. The molecule has 0 bridgehead atoms. The van der Waals surface area contributed by atoms with E-state index in [1.165, 1.54) is 5.57 Å². The number of aliphatic hydroxyl groups is 7. The van der Waals surface area contributed by atoms with Crippen molar-refractivity contribution in [3.8, 4) is 0 Å². The zero-order valence-corrected chi connectivity index (χ0v) is 34.7. The van der Waals surface area contributed by atoms with Crippen LogP contribution in [-0.2, 0) is 9.47 Å². The van der Waals surface area contributed by atoms with E-state index in [-0.39, 0.29) is 62.9 Å². The fourth-order valence-corrected chi connectivity index (χ4v) is 18.6. The summed E-state index contributed by atoms with van der Waals surface area (Å²) in [6.45, 7) is 3.70. The van der Waals surface area contributed by atoms with Gasteiger partial charge < -0.3 is 20.1 Å². The molecule has 1 saturated heterocycles. The van der Waals surface area contributed by atoms with E-state index in [2.05, 4.69) is 103 Å². The average Bonchev–Trinajstić information content (AvgIpc) is 3.45. The van der Waals surface area contributed by atoms with E-state index >= 15 is 0 Å². The summed E-state index contributed by atoms with van der Waals surface area (Å²) in [4.78, 5) is 0. The summed E-state index contributed by atoms with van der Waals surface area (Å²) in [5, 5.41) is 77.1. The first kappa shape index (κ1) is 35.8. The molecule has 0 aromatic carbocycles. The Kier molecular flexibility index (Phi) is 10.6. The van der Waals surface area contributed by atoms with Crippen LogP contribution in [0, 0.1) is 28.6 Å². The molecule has 4 aliphatic carbocycles. The maximum absolute atomic E-state index is 12.2. The van der Waals surface area contributed by atoms with Gasteiger partial charge in [0.2, 0.25) is 0 Å². The molecule has 0 radical (unpaired) electrons. The maximum atomic E-state index is 12.2. The Hall–Kier alpha value is 3.03. The predicted octanol–water partition coefficient (Wildman–Crippen LogP) is -0.938. The van der Waals surface area contributed by atoms with E-state index in [0.717, 1.165) is 17.3 Å². The van der Waals surface area contributed by atoms with Crippen molar-refractivity contribution in [2.45, 2.75) is 114 Å². The number of fused-ring (bicyclic) bond motifs is 5. The fourth-order valence-electron chi connectivity index (χ4n) is 9.96. The molecule has 9 nitrogen and oxygen atoms in total. The van der Waals surface area contributed by atoms with Crippen LogP contribution in [0.2, 0.25) is 0 Å². The largest absolute Gasteiger partial charge is 0.388 e. The van der Waals surface area contributed by atoms with Gasteiger partial charge in [-0.05, 0) is 6.92 Å². The van der Waals surface area contributed by atoms with Crippen LogP contribution < -0.4 is 21.2 Å². The third-order valence-electron chi connectivity index (χ3n) is 12.1. The molecule has 6 rings (SSSR count).